The van der Waals surface area contributed by atoms with E-state index in [-0.39, 0.29) is 20.1 Å². The van der Waals surface area contributed by atoms with Crippen LogP contribution in [0.25, 0.3) is 65.7 Å². The van der Waals surface area contributed by atoms with Gasteiger partial charge in [0, 0.05) is 50.7 Å². The van der Waals surface area contributed by atoms with Crippen molar-refractivity contribution in [3.63, 3.8) is 0 Å². The number of aryl methyl sites for hydroxylation is 4. The van der Waals surface area contributed by atoms with Crippen LogP contribution in [-0.4, -0.2) is 9.97 Å². The van der Waals surface area contributed by atoms with E-state index in [9.17, 15) is 0 Å². The Morgan fingerprint density at radius 1 is 0.760 bits per heavy atom. The minimum Gasteiger partial charge on any atom is -0.500 e. The van der Waals surface area contributed by atoms with Gasteiger partial charge in [0.2, 0.25) is 0 Å². The summed E-state index contributed by atoms with van der Waals surface area (Å²) in [5, 5.41) is 5.31. The van der Waals surface area contributed by atoms with Crippen LogP contribution < -0.4 is 0 Å². The number of furan rings is 1. The van der Waals surface area contributed by atoms with Crippen molar-refractivity contribution in [1.29, 1.82) is 0 Å². The Kier molecular flexibility index (Phi) is 9.47. The van der Waals surface area contributed by atoms with Crippen LogP contribution in [0, 0.1) is 45.2 Å². The summed E-state index contributed by atoms with van der Waals surface area (Å²) in [7, 11) is 0. The fraction of sp³-hybridized carbons (Fsp3) is 0.200. The SMILES string of the molecule is Cc1c[c-]c(-c2ccc(C)cn2)cc1.[2H]C([2H])(c1cnc(-c2[c-]ccc3c2oc2c4ccsc4ccc32)cc1-c1c(C)cccc1C)C(C)(C)C.[Ir]. The fourth-order valence-electron chi connectivity index (χ4n) is 6.27. The van der Waals surface area contributed by atoms with Crippen LogP contribution in [0.1, 0.15) is 51.3 Å². The normalized spacial score (nSPS) is 12.3. The van der Waals surface area contributed by atoms with Crippen molar-refractivity contribution in [3.05, 3.63) is 143 Å². The number of hydrogen-bond acceptors (Lipinski definition) is 4. The summed E-state index contributed by atoms with van der Waals surface area (Å²) in [5.74, 6) is 0. The maximum atomic E-state index is 9.09. The van der Waals surface area contributed by atoms with E-state index in [1.54, 1.807) is 17.5 Å². The Bertz CT molecular complexity index is 2460. The van der Waals surface area contributed by atoms with Gasteiger partial charge in [0.1, 0.15) is 5.58 Å². The van der Waals surface area contributed by atoms with Crippen molar-refractivity contribution in [2.24, 2.45) is 5.41 Å². The number of rotatable bonds is 4. The van der Waals surface area contributed by atoms with E-state index in [2.05, 4.69) is 85.7 Å². The van der Waals surface area contributed by atoms with Crippen LogP contribution in [0.4, 0.5) is 0 Å². The van der Waals surface area contributed by atoms with Crippen LogP contribution in [0.2, 0.25) is 0 Å². The molecule has 4 aromatic heterocycles. The van der Waals surface area contributed by atoms with Crippen molar-refractivity contribution in [2.75, 3.05) is 0 Å². The van der Waals surface area contributed by atoms with Gasteiger partial charge in [-0.25, -0.2) is 0 Å². The molecule has 4 aromatic carbocycles. The Balaban J connectivity index is 0.000000260. The average molecular weight is 851 g/mol. The standard InChI is InChI=1S/C32H28NOS.C13H12N.Ir/c1-19-8-6-9-20(2)29(19)26-16-27(33-18-21(26)17-32(3,4)5)24-11-7-10-22-23-12-13-28-25(14-15-35-28)31(23)34-30(22)24;1-10-3-6-12(7-4-10)13-8-5-11(2)9-14-13;/h6-10,12-16,18H,17H2,1-5H3;3-6,8-9H,1-2H3;/q2*-1;/i17D2;;. The molecular formula is C45H40IrN2OS-2. The molecular weight excluding hydrogens is 809 g/mol. The number of nitrogens with zero attached hydrogens (tertiary/aromatic N) is 2. The molecule has 253 valence electrons. The number of thiophene rings is 1. The molecule has 0 bridgehead atoms. The molecule has 8 rings (SSSR count). The maximum Gasteiger partial charge on any atom is 0.129 e. The Labute approximate surface area is 315 Å². The van der Waals surface area contributed by atoms with Gasteiger partial charge in [-0.3, -0.25) is 0 Å². The van der Waals surface area contributed by atoms with Crippen LogP contribution in [0.5, 0.6) is 0 Å². The van der Waals surface area contributed by atoms with Gasteiger partial charge in [-0.1, -0.05) is 81.1 Å². The molecule has 50 heavy (non-hydrogen) atoms. The van der Waals surface area contributed by atoms with Gasteiger partial charge in [0.15, 0.2) is 0 Å². The van der Waals surface area contributed by atoms with Gasteiger partial charge in [0.25, 0.3) is 0 Å². The molecule has 0 aliphatic rings. The molecule has 0 fully saturated rings. The van der Waals surface area contributed by atoms with Crippen molar-refractivity contribution in [1.82, 2.24) is 9.97 Å². The maximum absolute atomic E-state index is 9.09. The van der Waals surface area contributed by atoms with Gasteiger partial charge in [-0.05, 0) is 94.8 Å². The van der Waals surface area contributed by atoms with E-state index in [0.29, 0.717) is 5.56 Å². The Hall–Kier alpha value is -4.41. The topological polar surface area (TPSA) is 38.9 Å². The van der Waals surface area contributed by atoms with E-state index >= 15 is 0 Å². The summed E-state index contributed by atoms with van der Waals surface area (Å²) in [6.07, 6.45) is 2.00. The third-order valence-corrected chi connectivity index (χ3v) is 9.49. The predicted octanol–water partition coefficient (Wildman–Crippen LogP) is 12.7. The minimum absolute atomic E-state index is 0. The Morgan fingerprint density at radius 2 is 1.50 bits per heavy atom. The molecule has 0 amide bonds. The van der Waals surface area contributed by atoms with Crippen molar-refractivity contribution < 1.29 is 27.3 Å². The average Bonchev–Trinajstić information content (AvgIpc) is 3.74. The summed E-state index contributed by atoms with van der Waals surface area (Å²) in [4.78, 5) is 9.16. The van der Waals surface area contributed by atoms with E-state index in [4.69, 9.17) is 12.1 Å². The predicted molar refractivity (Wildman–Crippen MR) is 207 cm³/mol. The molecule has 0 saturated carbocycles. The zero-order valence-corrected chi connectivity index (χ0v) is 32.6. The molecule has 8 aromatic rings. The third kappa shape index (κ3) is 7.23. The first-order valence-corrected chi connectivity index (χ1v) is 17.4. The van der Waals surface area contributed by atoms with Crippen molar-refractivity contribution in [3.8, 4) is 33.6 Å². The molecule has 1 radical (unpaired) electrons. The van der Waals surface area contributed by atoms with Gasteiger partial charge < -0.3 is 14.4 Å². The zero-order valence-electron chi connectivity index (χ0n) is 31.4. The largest absolute Gasteiger partial charge is 0.500 e. The molecule has 4 heterocycles. The van der Waals surface area contributed by atoms with E-state index in [1.807, 2.05) is 76.4 Å². The minimum atomic E-state index is -1.60. The van der Waals surface area contributed by atoms with Crippen LogP contribution in [-0.2, 0) is 26.5 Å². The summed E-state index contributed by atoms with van der Waals surface area (Å²) in [6.45, 7) is 14.1. The number of hydrogen-bond donors (Lipinski definition) is 0. The molecule has 3 nitrogen and oxygen atoms in total. The molecule has 0 aliphatic carbocycles. The molecule has 0 saturated heterocycles. The summed E-state index contributed by atoms with van der Waals surface area (Å²) in [6, 6.07) is 35.4. The van der Waals surface area contributed by atoms with Gasteiger partial charge in [-0.15, -0.1) is 64.9 Å². The monoisotopic (exact) mass is 851 g/mol. The van der Waals surface area contributed by atoms with E-state index in [0.717, 1.165) is 72.1 Å². The van der Waals surface area contributed by atoms with Gasteiger partial charge in [-0.2, -0.15) is 0 Å². The molecule has 0 unspecified atom stereocenters. The van der Waals surface area contributed by atoms with Gasteiger partial charge in [0.05, 0.1) is 5.58 Å². The van der Waals surface area contributed by atoms with Crippen LogP contribution >= 0.6 is 11.3 Å². The van der Waals surface area contributed by atoms with Crippen LogP contribution in [0.3, 0.4) is 0 Å². The number of aromatic nitrogens is 2. The van der Waals surface area contributed by atoms with Crippen molar-refractivity contribution in [2.45, 2.75) is 54.8 Å². The van der Waals surface area contributed by atoms with Crippen molar-refractivity contribution >= 4 is 43.4 Å². The van der Waals surface area contributed by atoms with E-state index in [1.165, 1.54) is 15.8 Å². The molecule has 5 heteroatoms. The van der Waals surface area contributed by atoms with Gasteiger partial charge >= 0.3 is 0 Å². The third-order valence-electron chi connectivity index (χ3n) is 8.61. The van der Waals surface area contributed by atoms with Crippen LogP contribution in [0.15, 0.2) is 107 Å². The second kappa shape index (κ2) is 14.4. The quantitative estimate of drug-likeness (QED) is 0.166. The molecule has 0 N–H and O–H groups in total. The number of fused-ring (bicyclic) bond motifs is 5. The summed E-state index contributed by atoms with van der Waals surface area (Å²) >= 11 is 1.70. The molecule has 0 spiro atoms. The molecule has 0 aliphatic heterocycles. The summed E-state index contributed by atoms with van der Waals surface area (Å²) in [5.41, 5.74) is 11.7. The second-order valence-electron chi connectivity index (χ2n) is 13.7. The first kappa shape index (κ1) is 32.8. The summed E-state index contributed by atoms with van der Waals surface area (Å²) < 4.78 is 25.9. The zero-order chi connectivity index (χ0) is 36.1. The number of benzene rings is 4. The smallest absolute Gasteiger partial charge is 0.129 e. The second-order valence-corrected chi connectivity index (χ2v) is 14.7. The van der Waals surface area contributed by atoms with E-state index < -0.39 is 11.8 Å². The Morgan fingerprint density at radius 3 is 2.20 bits per heavy atom. The first-order valence-electron chi connectivity index (χ1n) is 17.6. The number of pyridine rings is 2. The molecule has 0 atom stereocenters. The fourth-order valence-corrected chi connectivity index (χ4v) is 7.05. The first-order chi connectivity index (χ1) is 24.3.